The lowest BCUT2D eigenvalue weighted by Crippen LogP contribution is -2.05. The number of ether oxygens (including phenoxy) is 1. The molecule has 0 saturated heterocycles. The van der Waals surface area contributed by atoms with E-state index in [-0.39, 0.29) is 0 Å². The third-order valence-corrected chi connectivity index (χ3v) is 2.66. The second-order valence-corrected chi connectivity index (χ2v) is 4.05. The van der Waals surface area contributed by atoms with Crippen LogP contribution in [0.2, 0.25) is 0 Å². The van der Waals surface area contributed by atoms with Crippen LogP contribution in [0.5, 0.6) is 0 Å². The molecule has 0 unspecified atom stereocenters. The Hall–Kier alpha value is -1.33. The summed E-state index contributed by atoms with van der Waals surface area (Å²) in [5.41, 5.74) is 3.81. The molecule has 4 nitrogen and oxygen atoms in total. The summed E-state index contributed by atoms with van der Waals surface area (Å²) in [5, 5.41) is 4.70. The third kappa shape index (κ3) is 6.09. The quantitative estimate of drug-likeness (QED) is 0.478. The van der Waals surface area contributed by atoms with Gasteiger partial charge in [0.25, 0.3) is 0 Å². The first-order valence-electron chi connectivity index (χ1n) is 5.27. The van der Waals surface area contributed by atoms with Crippen LogP contribution >= 0.6 is 11.8 Å². The molecule has 92 valence electrons. The minimum Gasteiger partial charge on any atom is -0.370 e. The van der Waals surface area contributed by atoms with Crippen molar-refractivity contribution < 1.29 is 4.74 Å². The van der Waals surface area contributed by atoms with E-state index in [1.54, 1.807) is 18.8 Å². The van der Waals surface area contributed by atoms with Gasteiger partial charge in [0.2, 0.25) is 0 Å². The number of rotatable bonds is 6. The summed E-state index contributed by atoms with van der Waals surface area (Å²) >= 11 is 1.56. The van der Waals surface area contributed by atoms with Gasteiger partial charge in [-0.1, -0.05) is 30.3 Å². The molecule has 17 heavy (non-hydrogen) atoms. The van der Waals surface area contributed by atoms with Crippen LogP contribution in [-0.2, 0) is 11.3 Å². The number of nitrogens with zero attached hydrogens (tertiary/aromatic N) is 2. The van der Waals surface area contributed by atoms with Crippen molar-refractivity contribution in [3.8, 4) is 0 Å². The number of benzene rings is 1. The molecule has 0 aliphatic rings. The van der Waals surface area contributed by atoms with Crippen LogP contribution in [0.25, 0.3) is 0 Å². The summed E-state index contributed by atoms with van der Waals surface area (Å²) < 4.78 is 5.57. The Kier molecular flexibility index (Phi) is 7.09. The molecule has 0 fully saturated rings. The van der Waals surface area contributed by atoms with Gasteiger partial charge >= 0.3 is 0 Å². The maximum absolute atomic E-state index is 5.57. The Balaban J connectivity index is 2.33. The van der Waals surface area contributed by atoms with Crippen LogP contribution in [0.4, 0.5) is 0 Å². The SMILES string of the molecule is CN/N=C\N=C(COCc1ccccc1)SC. The molecule has 0 atom stereocenters. The van der Waals surface area contributed by atoms with E-state index in [1.165, 1.54) is 6.34 Å². The molecule has 0 heterocycles. The lowest BCUT2D eigenvalue weighted by Gasteiger charge is -2.04. The van der Waals surface area contributed by atoms with Gasteiger partial charge in [-0.25, -0.2) is 4.99 Å². The van der Waals surface area contributed by atoms with Gasteiger partial charge in [0.05, 0.1) is 13.2 Å². The average Bonchev–Trinajstić information content (AvgIpc) is 2.38. The molecule has 1 N–H and O–H groups in total. The predicted octanol–water partition coefficient (Wildman–Crippen LogP) is 2.13. The summed E-state index contributed by atoms with van der Waals surface area (Å²) in [4.78, 5) is 4.16. The number of thioether (sulfide) groups is 1. The highest BCUT2D eigenvalue weighted by atomic mass is 32.2. The van der Waals surface area contributed by atoms with Gasteiger partial charge in [-0.3, -0.25) is 0 Å². The lowest BCUT2D eigenvalue weighted by molar-refractivity contribution is 0.159. The first kappa shape index (κ1) is 13.7. The van der Waals surface area contributed by atoms with Crippen LogP contribution in [0, 0.1) is 0 Å². The van der Waals surface area contributed by atoms with E-state index >= 15 is 0 Å². The molecule has 0 spiro atoms. The van der Waals surface area contributed by atoms with E-state index in [4.69, 9.17) is 4.74 Å². The lowest BCUT2D eigenvalue weighted by atomic mass is 10.2. The zero-order valence-electron chi connectivity index (χ0n) is 10.1. The van der Waals surface area contributed by atoms with Gasteiger partial charge < -0.3 is 10.2 Å². The Morgan fingerprint density at radius 3 is 2.82 bits per heavy atom. The maximum atomic E-state index is 5.57. The molecular weight excluding hydrogens is 234 g/mol. The van der Waals surface area contributed by atoms with Gasteiger partial charge in [0.1, 0.15) is 11.4 Å². The molecule has 0 aliphatic heterocycles. The minimum absolute atomic E-state index is 0.506. The van der Waals surface area contributed by atoms with E-state index in [0.29, 0.717) is 13.2 Å². The molecule has 0 radical (unpaired) electrons. The zero-order valence-corrected chi connectivity index (χ0v) is 10.9. The minimum atomic E-state index is 0.506. The second-order valence-electron chi connectivity index (χ2n) is 3.17. The summed E-state index contributed by atoms with van der Waals surface area (Å²) in [6.45, 7) is 1.11. The molecule has 0 aliphatic carbocycles. The van der Waals surface area contributed by atoms with Crippen LogP contribution < -0.4 is 5.43 Å². The fourth-order valence-corrected chi connectivity index (χ4v) is 1.48. The molecule has 0 amide bonds. The van der Waals surface area contributed by atoms with E-state index in [1.807, 2.05) is 36.6 Å². The zero-order chi connectivity index (χ0) is 12.3. The first-order valence-corrected chi connectivity index (χ1v) is 6.50. The van der Waals surface area contributed by atoms with E-state index < -0.39 is 0 Å². The monoisotopic (exact) mass is 251 g/mol. The van der Waals surface area contributed by atoms with Crippen LogP contribution in [0.15, 0.2) is 40.4 Å². The highest BCUT2D eigenvalue weighted by Gasteiger charge is 1.97. The smallest absolute Gasteiger partial charge is 0.136 e. The van der Waals surface area contributed by atoms with Crippen LogP contribution in [0.1, 0.15) is 5.56 Å². The van der Waals surface area contributed by atoms with Crippen molar-refractivity contribution in [1.29, 1.82) is 0 Å². The summed E-state index contributed by atoms with van der Waals surface area (Å²) in [6.07, 6.45) is 3.45. The van der Waals surface area contributed by atoms with Crippen LogP contribution in [-0.4, -0.2) is 31.3 Å². The average molecular weight is 251 g/mol. The predicted molar refractivity (Wildman–Crippen MR) is 74.6 cm³/mol. The van der Waals surface area contributed by atoms with Crippen molar-refractivity contribution in [2.45, 2.75) is 6.61 Å². The third-order valence-electron chi connectivity index (χ3n) is 1.96. The molecule has 0 bridgehead atoms. The van der Waals surface area contributed by atoms with E-state index in [9.17, 15) is 0 Å². The molecule has 1 aromatic carbocycles. The van der Waals surface area contributed by atoms with E-state index in [2.05, 4.69) is 15.5 Å². The molecule has 1 aromatic rings. The fraction of sp³-hybridized carbons (Fsp3) is 0.333. The highest BCUT2D eigenvalue weighted by Crippen LogP contribution is 2.03. The number of nitrogens with one attached hydrogen (secondary N) is 1. The molecule has 0 aromatic heterocycles. The van der Waals surface area contributed by atoms with Gasteiger partial charge in [-0.15, -0.1) is 11.8 Å². The van der Waals surface area contributed by atoms with Gasteiger partial charge in [-0.2, -0.15) is 5.10 Å². The first-order chi connectivity index (χ1) is 8.36. The van der Waals surface area contributed by atoms with Crippen molar-refractivity contribution in [3.05, 3.63) is 35.9 Å². The summed E-state index contributed by atoms with van der Waals surface area (Å²) in [6, 6.07) is 10.1. The summed E-state index contributed by atoms with van der Waals surface area (Å²) in [5.74, 6) is 0. The molecule has 1 rings (SSSR count). The van der Waals surface area contributed by atoms with Crippen molar-refractivity contribution >= 4 is 23.1 Å². The van der Waals surface area contributed by atoms with Gasteiger partial charge in [-0.05, 0) is 11.8 Å². The Labute approximate surface area is 106 Å². The topological polar surface area (TPSA) is 46.0 Å². The second kappa shape index (κ2) is 8.78. The normalized spacial score (nSPS) is 12.0. The Morgan fingerprint density at radius 1 is 1.41 bits per heavy atom. The van der Waals surface area contributed by atoms with Crippen molar-refractivity contribution in [3.63, 3.8) is 0 Å². The number of aliphatic imine (C=N–C) groups is 1. The molecule has 5 heteroatoms. The van der Waals surface area contributed by atoms with Crippen LogP contribution in [0.3, 0.4) is 0 Å². The Morgan fingerprint density at radius 2 is 2.18 bits per heavy atom. The number of hydrazone groups is 1. The van der Waals surface area contributed by atoms with Gasteiger partial charge in [0.15, 0.2) is 0 Å². The largest absolute Gasteiger partial charge is 0.370 e. The van der Waals surface area contributed by atoms with Gasteiger partial charge in [0, 0.05) is 7.05 Å². The molecular formula is C12H17N3OS. The molecule has 0 saturated carbocycles. The number of hydrogen-bond acceptors (Lipinski definition) is 4. The van der Waals surface area contributed by atoms with E-state index in [0.717, 1.165) is 10.6 Å². The van der Waals surface area contributed by atoms with Crippen molar-refractivity contribution in [2.75, 3.05) is 19.9 Å². The standard InChI is InChI=1S/C12H17N3OS/c1-13-15-10-14-12(17-2)9-16-8-11-6-4-3-5-7-11/h3-7,10,13H,8-9H2,1-2H3/b14-12?,15-10-. The summed E-state index contributed by atoms with van der Waals surface area (Å²) in [7, 11) is 1.73. The van der Waals surface area contributed by atoms with Crippen molar-refractivity contribution in [2.24, 2.45) is 10.1 Å². The fourth-order valence-electron chi connectivity index (χ4n) is 1.13. The highest BCUT2D eigenvalue weighted by molar-refractivity contribution is 8.13. The Bertz CT molecular complexity index is 365. The maximum Gasteiger partial charge on any atom is 0.136 e. The van der Waals surface area contributed by atoms with Crippen molar-refractivity contribution in [1.82, 2.24) is 5.43 Å². The number of hydrogen-bond donors (Lipinski definition) is 1.